The van der Waals surface area contributed by atoms with E-state index in [-0.39, 0.29) is 17.1 Å². The maximum absolute atomic E-state index is 11.4. The van der Waals surface area contributed by atoms with Crippen LogP contribution in [0.25, 0.3) is 6.08 Å². The number of carbonyl (C=O) groups excluding carboxylic acids is 1. The molecule has 1 atom stereocenters. The highest BCUT2D eigenvalue weighted by molar-refractivity contribution is 5.97. The molecular weight excluding hydrogens is 218 g/mol. The Morgan fingerprint density at radius 3 is 2.47 bits per heavy atom. The second-order valence-corrected chi connectivity index (χ2v) is 3.97. The Kier molecular flexibility index (Phi) is 4.57. The molecule has 1 rings (SSSR count). The number of nitrogens with zero attached hydrogens (tertiary/aromatic N) is 1. The number of carbonyl (C=O) groups is 1. The smallest absolute Gasteiger partial charge is 0.214 e. The van der Waals surface area contributed by atoms with Gasteiger partial charge in [0.25, 0.3) is 0 Å². The largest absolute Gasteiger partial charge is 0.295 e. The van der Waals surface area contributed by atoms with Crippen LogP contribution < -0.4 is 0 Å². The van der Waals surface area contributed by atoms with E-state index >= 15 is 0 Å². The van der Waals surface area contributed by atoms with E-state index in [0.29, 0.717) is 5.57 Å². The zero-order chi connectivity index (χ0) is 12.8. The Morgan fingerprint density at radius 2 is 2.00 bits per heavy atom. The van der Waals surface area contributed by atoms with Crippen LogP contribution in [0.2, 0.25) is 0 Å². The van der Waals surface area contributed by atoms with E-state index in [1.165, 1.54) is 13.8 Å². The molecule has 0 N–H and O–H groups in total. The van der Waals surface area contributed by atoms with Crippen molar-refractivity contribution in [1.29, 1.82) is 0 Å². The van der Waals surface area contributed by atoms with Crippen molar-refractivity contribution >= 4 is 11.9 Å². The molecule has 4 heteroatoms. The first-order valence-corrected chi connectivity index (χ1v) is 5.40. The third kappa shape index (κ3) is 4.18. The summed E-state index contributed by atoms with van der Waals surface area (Å²) in [6, 6.07) is 8.58. The van der Waals surface area contributed by atoms with E-state index in [9.17, 15) is 14.9 Å². The van der Waals surface area contributed by atoms with Crippen LogP contribution in [0.4, 0.5) is 0 Å². The Labute approximate surface area is 100 Å². The van der Waals surface area contributed by atoms with Crippen molar-refractivity contribution in [2.24, 2.45) is 0 Å². The van der Waals surface area contributed by atoms with Gasteiger partial charge >= 0.3 is 0 Å². The van der Waals surface area contributed by atoms with Gasteiger partial charge in [0.15, 0.2) is 5.78 Å². The summed E-state index contributed by atoms with van der Waals surface area (Å²) in [5, 5.41) is 10.6. The molecule has 1 aromatic carbocycles. The Hall–Kier alpha value is -1.97. The summed E-state index contributed by atoms with van der Waals surface area (Å²) in [5.74, 6) is -0.123. The molecule has 0 amide bonds. The number of nitro groups is 1. The number of Topliss-reactive ketones (excluding diaryl/α,β-unsaturated/α-hetero) is 1. The molecule has 0 aliphatic rings. The monoisotopic (exact) mass is 233 g/mol. The van der Waals surface area contributed by atoms with Gasteiger partial charge in [-0.15, -0.1) is 0 Å². The Bertz CT molecular complexity index is 437. The molecule has 0 saturated carbocycles. The highest BCUT2D eigenvalue weighted by Gasteiger charge is 2.17. The van der Waals surface area contributed by atoms with Crippen molar-refractivity contribution in [2.75, 3.05) is 0 Å². The van der Waals surface area contributed by atoms with Crippen LogP contribution in [0.15, 0.2) is 35.9 Å². The molecule has 1 unspecified atom stereocenters. The van der Waals surface area contributed by atoms with Gasteiger partial charge in [-0.05, 0) is 18.6 Å². The summed E-state index contributed by atoms with van der Waals surface area (Å²) in [6.45, 7) is 2.93. The summed E-state index contributed by atoms with van der Waals surface area (Å²) in [6.07, 6.45) is 1.87. The summed E-state index contributed by atoms with van der Waals surface area (Å²) in [7, 11) is 0. The van der Waals surface area contributed by atoms with Crippen LogP contribution in [0.3, 0.4) is 0 Å². The fourth-order valence-corrected chi connectivity index (χ4v) is 1.45. The van der Waals surface area contributed by atoms with Crippen LogP contribution in [-0.4, -0.2) is 16.7 Å². The van der Waals surface area contributed by atoms with Crippen LogP contribution >= 0.6 is 0 Å². The van der Waals surface area contributed by atoms with Gasteiger partial charge < -0.3 is 0 Å². The predicted octanol–water partition coefficient (Wildman–Crippen LogP) is 2.71. The molecule has 1 aromatic rings. The first kappa shape index (κ1) is 13.1. The number of hydrogen-bond donors (Lipinski definition) is 0. The molecule has 0 fully saturated rings. The summed E-state index contributed by atoms with van der Waals surface area (Å²) in [5.41, 5.74) is 1.37. The molecule has 0 saturated heterocycles. The topological polar surface area (TPSA) is 60.2 Å². The average molecular weight is 233 g/mol. The standard InChI is InChI=1S/C13H15NO3/c1-10(14(16)17)8-13(11(2)15)9-12-6-4-3-5-7-12/h3-7,9-10H,8H2,1-2H3/b13-9+. The maximum Gasteiger partial charge on any atom is 0.214 e. The summed E-state index contributed by atoms with van der Waals surface area (Å²) >= 11 is 0. The van der Waals surface area contributed by atoms with Crippen LogP contribution in [0.1, 0.15) is 25.8 Å². The van der Waals surface area contributed by atoms with Crippen molar-refractivity contribution in [3.63, 3.8) is 0 Å². The fraction of sp³-hybridized carbons (Fsp3) is 0.308. The number of hydrogen-bond acceptors (Lipinski definition) is 3. The maximum atomic E-state index is 11.4. The second-order valence-electron chi connectivity index (χ2n) is 3.97. The van der Waals surface area contributed by atoms with Gasteiger partial charge in [0.1, 0.15) is 0 Å². The number of rotatable bonds is 5. The minimum absolute atomic E-state index is 0.123. The minimum atomic E-state index is -0.742. The SMILES string of the molecule is CC(=O)/C(=C/c1ccccc1)CC(C)[N+](=O)[O-]. The first-order valence-electron chi connectivity index (χ1n) is 5.40. The van der Waals surface area contributed by atoms with Gasteiger partial charge in [-0.3, -0.25) is 14.9 Å². The molecule has 17 heavy (non-hydrogen) atoms. The van der Waals surface area contributed by atoms with Gasteiger partial charge in [0.2, 0.25) is 6.04 Å². The van der Waals surface area contributed by atoms with E-state index in [0.717, 1.165) is 5.56 Å². The number of benzene rings is 1. The summed E-state index contributed by atoms with van der Waals surface area (Å²) < 4.78 is 0. The zero-order valence-corrected chi connectivity index (χ0v) is 9.92. The van der Waals surface area contributed by atoms with Crippen molar-refractivity contribution < 1.29 is 9.72 Å². The van der Waals surface area contributed by atoms with Gasteiger partial charge in [0, 0.05) is 23.8 Å². The molecule has 0 bridgehead atoms. The normalized spacial score (nSPS) is 13.2. The molecule has 4 nitrogen and oxygen atoms in total. The number of ketones is 1. The van der Waals surface area contributed by atoms with E-state index in [2.05, 4.69) is 0 Å². The third-order valence-corrected chi connectivity index (χ3v) is 2.47. The Balaban J connectivity index is 2.91. The lowest BCUT2D eigenvalue weighted by Gasteiger charge is -2.06. The molecule has 0 aromatic heterocycles. The highest BCUT2D eigenvalue weighted by atomic mass is 16.6. The van der Waals surface area contributed by atoms with E-state index in [1.54, 1.807) is 6.08 Å². The lowest BCUT2D eigenvalue weighted by molar-refractivity contribution is -0.517. The molecule has 0 aliphatic carbocycles. The first-order chi connectivity index (χ1) is 8.00. The van der Waals surface area contributed by atoms with Crippen molar-refractivity contribution in [1.82, 2.24) is 0 Å². The van der Waals surface area contributed by atoms with E-state index in [4.69, 9.17) is 0 Å². The Morgan fingerprint density at radius 1 is 1.41 bits per heavy atom. The lowest BCUT2D eigenvalue weighted by atomic mass is 10.0. The predicted molar refractivity (Wildman–Crippen MR) is 66.2 cm³/mol. The molecule has 0 aliphatic heterocycles. The van der Waals surface area contributed by atoms with Crippen LogP contribution in [-0.2, 0) is 4.79 Å². The highest BCUT2D eigenvalue weighted by Crippen LogP contribution is 2.14. The summed E-state index contributed by atoms with van der Waals surface area (Å²) in [4.78, 5) is 21.6. The van der Waals surface area contributed by atoms with Crippen molar-refractivity contribution in [3.05, 3.63) is 51.6 Å². The molecule has 90 valence electrons. The lowest BCUT2D eigenvalue weighted by Crippen LogP contribution is -2.17. The van der Waals surface area contributed by atoms with Gasteiger partial charge in [-0.25, -0.2) is 0 Å². The van der Waals surface area contributed by atoms with Crippen LogP contribution in [0, 0.1) is 10.1 Å². The average Bonchev–Trinajstić information content (AvgIpc) is 2.29. The zero-order valence-electron chi connectivity index (χ0n) is 9.92. The van der Waals surface area contributed by atoms with Gasteiger partial charge in [-0.2, -0.15) is 0 Å². The van der Waals surface area contributed by atoms with Crippen LogP contribution in [0.5, 0.6) is 0 Å². The molecule has 0 spiro atoms. The minimum Gasteiger partial charge on any atom is -0.295 e. The fourth-order valence-electron chi connectivity index (χ4n) is 1.45. The van der Waals surface area contributed by atoms with Gasteiger partial charge in [-0.1, -0.05) is 30.3 Å². The molecular formula is C13H15NO3. The van der Waals surface area contributed by atoms with Crippen molar-refractivity contribution in [3.8, 4) is 0 Å². The van der Waals surface area contributed by atoms with Gasteiger partial charge in [0.05, 0.1) is 0 Å². The second kappa shape index (κ2) is 5.94. The van der Waals surface area contributed by atoms with Crippen molar-refractivity contribution in [2.45, 2.75) is 26.3 Å². The molecule has 0 heterocycles. The molecule has 0 radical (unpaired) electrons. The van der Waals surface area contributed by atoms with E-state index in [1.807, 2.05) is 30.3 Å². The quantitative estimate of drug-likeness (QED) is 0.446. The van der Waals surface area contributed by atoms with E-state index < -0.39 is 6.04 Å². The third-order valence-electron chi connectivity index (χ3n) is 2.47.